The van der Waals surface area contributed by atoms with E-state index in [9.17, 15) is 4.79 Å². The number of halogens is 2. The Morgan fingerprint density at radius 3 is 2.90 bits per heavy atom. The van der Waals surface area contributed by atoms with Gasteiger partial charge in [0.15, 0.2) is 11.6 Å². The molecule has 0 saturated heterocycles. The van der Waals surface area contributed by atoms with E-state index in [1.807, 2.05) is 19.1 Å². The molecule has 1 heterocycles. The Balaban J connectivity index is 1.75. The van der Waals surface area contributed by atoms with Crippen LogP contribution in [0.15, 0.2) is 43.2 Å². The van der Waals surface area contributed by atoms with Crippen molar-refractivity contribution in [2.24, 2.45) is 5.92 Å². The van der Waals surface area contributed by atoms with Crippen molar-refractivity contribution in [2.75, 3.05) is 13.2 Å². The Morgan fingerprint density at radius 1 is 1.40 bits per heavy atom. The Bertz CT molecular complexity index is 1120. The van der Waals surface area contributed by atoms with Gasteiger partial charge in [0, 0.05) is 29.1 Å². The summed E-state index contributed by atoms with van der Waals surface area (Å²) in [6.45, 7) is 6.67. The number of allylic oxidation sites excluding steroid dienone is 1. The van der Waals surface area contributed by atoms with Crippen LogP contribution >= 0.6 is 11.6 Å². The zero-order chi connectivity index (χ0) is 21.3. The molecule has 1 saturated carbocycles. The number of Topliss-reactive ketones (excluding diaryl/α,β-unsaturated/α-hetero) is 1. The SMILES string of the molecule is C=CCn1cnc2c(F)c(Cc3ccc(Cl)cc3C)c(C(=O)COCC3CC3)cc21. The Morgan fingerprint density at radius 2 is 2.20 bits per heavy atom. The van der Waals surface area contributed by atoms with E-state index in [0.29, 0.717) is 40.7 Å². The first kappa shape index (κ1) is 20.8. The lowest BCUT2D eigenvalue weighted by atomic mass is 9.94. The standard InChI is InChI=1S/C24H24ClFN2O2/c1-3-8-28-14-27-24-21(28)11-19(22(29)13-30-12-16-4-5-16)20(23(24)26)10-17-6-7-18(25)9-15(17)2/h3,6-7,9,11,14,16H,1,4-5,8,10,12-13H2,2H3. The lowest BCUT2D eigenvalue weighted by Crippen LogP contribution is -2.15. The molecule has 0 radical (unpaired) electrons. The highest BCUT2D eigenvalue weighted by atomic mass is 35.5. The van der Waals surface area contributed by atoms with Crippen molar-refractivity contribution in [3.05, 3.63) is 76.3 Å². The molecule has 0 N–H and O–H groups in total. The van der Waals surface area contributed by atoms with Crippen LogP contribution in [0.3, 0.4) is 0 Å². The van der Waals surface area contributed by atoms with E-state index in [2.05, 4.69) is 11.6 Å². The van der Waals surface area contributed by atoms with E-state index in [-0.39, 0.29) is 24.3 Å². The number of hydrogen-bond acceptors (Lipinski definition) is 3. The minimum absolute atomic E-state index is 0.0519. The van der Waals surface area contributed by atoms with Crippen LogP contribution in [-0.2, 0) is 17.7 Å². The summed E-state index contributed by atoms with van der Waals surface area (Å²) < 4.78 is 23.0. The first-order valence-corrected chi connectivity index (χ1v) is 10.5. The molecule has 2 aromatic carbocycles. The molecule has 30 heavy (non-hydrogen) atoms. The number of nitrogens with zero attached hydrogens (tertiary/aromatic N) is 2. The second-order valence-electron chi connectivity index (χ2n) is 7.90. The first-order valence-electron chi connectivity index (χ1n) is 10.1. The number of ketones is 1. The molecule has 0 unspecified atom stereocenters. The van der Waals surface area contributed by atoms with E-state index in [4.69, 9.17) is 16.3 Å². The van der Waals surface area contributed by atoms with Crippen LogP contribution in [0.2, 0.25) is 5.02 Å². The molecule has 3 aromatic rings. The average molecular weight is 427 g/mol. The molecule has 1 aliphatic carbocycles. The third-order valence-electron chi connectivity index (χ3n) is 5.54. The van der Waals surface area contributed by atoms with Gasteiger partial charge in [0.2, 0.25) is 0 Å². The number of rotatable bonds is 9. The molecular weight excluding hydrogens is 403 g/mol. The van der Waals surface area contributed by atoms with Gasteiger partial charge in [0.1, 0.15) is 12.1 Å². The Hall–Kier alpha value is -2.50. The summed E-state index contributed by atoms with van der Waals surface area (Å²) in [5.74, 6) is -0.123. The summed E-state index contributed by atoms with van der Waals surface area (Å²) >= 11 is 6.07. The second-order valence-corrected chi connectivity index (χ2v) is 8.34. The van der Waals surface area contributed by atoms with Crippen LogP contribution in [-0.4, -0.2) is 28.5 Å². The predicted octanol–water partition coefficient (Wildman–Crippen LogP) is 5.52. The fraction of sp³-hybridized carbons (Fsp3) is 0.333. The summed E-state index contributed by atoms with van der Waals surface area (Å²) in [6.07, 6.45) is 5.87. The Labute approximate surface area is 180 Å². The van der Waals surface area contributed by atoms with Crippen LogP contribution in [0.1, 0.15) is 39.9 Å². The van der Waals surface area contributed by atoms with Crippen molar-refractivity contribution in [3.63, 3.8) is 0 Å². The smallest absolute Gasteiger partial charge is 0.188 e. The lowest BCUT2D eigenvalue weighted by Gasteiger charge is -2.14. The number of carbonyl (C=O) groups is 1. The highest BCUT2D eigenvalue weighted by molar-refractivity contribution is 6.30. The molecule has 6 heteroatoms. The number of hydrogen-bond donors (Lipinski definition) is 0. The number of ether oxygens (including phenoxy) is 1. The van der Waals surface area contributed by atoms with E-state index in [1.165, 1.54) is 0 Å². The minimum atomic E-state index is -0.463. The predicted molar refractivity (Wildman–Crippen MR) is 117 cm³/mol. The lowest BCUT2D eigenvalue weighted by molar-refractivity contribution is 0.0738. The summed E-state index contributed by atoms with van der Waals surface area (Å²) in [5, 5.41) is 0.625. The largest absolute Gasteiger partial charge is 0.373 e. The topological polar surface area (TPSA) is 44.1 Å². The minimum Gasteiger partial charge on any atom is -0.373 e. The maximum atomic E-state index is 15.6. The summed E-state index contributed by atoms with van der Waals surface area (Å²) in [5.41, 5.74) is 3.38. The van der Waals surface area contributed by atoms with Gasteiger partial charge in [-0.3, -0.25) is 4.79 Å². The van der Waals surface area contributed by atoms with E-state index >= 15 is 4.39 Å². The molecule has 4 nitrogen and oxygen atoms in total. The van der Waals surface area contributed by atoms with Gasteiger partial charge in [-0.15, -0.1) is 6.58 Å². The average Bonchev–Trinajstić information content (AvgIpc) is 3.45. The number of fused-ring (bicyclic) bond motifs is 1. The van der Waals surface area contributed by atoms with Crippen molar-refractivity contribution in [3.8, 4) is 0 Å². The first-order chi connectivity index (χ1) is 14.5. The third-order valence-corrected chi connectivity index (χ3v) is 5.77. The van der Waals surface area contributed by atoms with Crippen LogP contribution in [0.25, 0.3) is 11.0 Å². The molecule has 0 amide bonds. The van der Waals surface area contributed by atoms with Gasteiger partial charge in [0.05, 0.1) is 18.5 Å². The van der Waals surface area contributed by atoms with Gasteiger partial charge in [0.25, 0.3) is 0 Å². The van der Waals surface area contributed by atoms with Crippen LogP contribution in [0, 0.1) is 18.7 Å². The molecule has 0 bridgehead atoms. The highest BCUT2D eigenvalue weighted by Gasteiger charge is 2.24. The molecule has 0 spiro atoms. The fourth-order valence-corrected chi connectivity index (χ4v) is 3.86. The third kappa shape index (κ3) is 4.32. The molecule has 1 aliphatic rings. The van der Waals surface area contributed by atoms with E-state index in [1.54, 1.807) is 29.1 Å². The highest BCUT2D eigenvalue weighted by Crippen LogP contribution is 2.30. The van der Waals surface area contributed by atoms with Crippen molar-refractivity contribution in [2.45, 2.75) is 32.7 Å². The zero-order valence-electron chi connectivity index (χ0n) is 17.0. The van der Waals surface area contributed by atoms with E-state index < -0.39 is 5.82 Å². The summed E-state index contributed by atoms with van der Waals surface area (Å²) in [4.78, 5) is 17.3. The molecule has 0 aliphatic heterocycles. The molecule has 4 rings (SSSR count). The number of imidazole rings is 1. The maximum absolute atomic E-state index is 15.6. The fourth-order valence-electron chi connectivity index (χ4n) is 3.63. The van der Waals surface area contributed by atoms with Gasteiger partial charge in [-0.05, 0) is 55.0 Å². The molecule has 0 atom stereocenters. The van der Waals surface area contributed by atoms with Crippen molar-refractivity contribution < 1.29 is 13.9 Å². The molecular formula is C24H24ClFN2O2. The maximum Gasteiger partial charge on any atom is 0.188 e. The molecule has 1 aromatic heterocycles. The van der Waals surface area contributed by atoms with Crippen LogP contribution < -0.4 is 0 Å². The normalized spacial score (nSPS) is 13.7. The van der Waals surface area contributed by atoms with Crippen LogP contribution in [0.5, 0.6) is 0 Å². The van der Waals surface area contributed by atoms with Crippen molar-refractivity contribution >= 4 is 28.4 Å². The van der Waals surface area contributed by atoms with Crippen LogP contribution in [0.4, 0.5) is 4.39 Å². The van der Waals surface area contributed by atoms with Gasteiger partial charge < -0.3 is 9.30 Å². The number of aryl methyl sites for hydroxylation is 1. The van der Waals surface area contributed by atoms with Crippen molar-refractivity contribution in [1.82, 2.24) is 9.55 Å². The van der Waals surface area contributed by atoms with Gasteiger partial charge in [-0.1, -0.05) is 23.7 Å². The zero-order valence-corrected chi connectivity index (χ0v) is 17.7. The van der Waals surface area contributed by atoms with E-state index in [0.717, 1.165) is 24.0 Å². The summed E-state index contributed by atoms with van der Waals surface area (Å²) in [6, 6.07) is 7.22. The molecule has 1 fully saturated rings. The number of aromatic nitrogens is 2. The summed E-state index contributed by atoms with van der Waals surface area (Å²) in [7, 11) is 0. The van der Waals surface area contributed by atoms with Crippen molar-refractivity contribution in [1.29, 1.82) is 0 Å². The van der Waals surface area contributed by atoms with Gasteiger partial charge in [-0.25, -0.2) is 9.37 Å². The monoisotopic (exact) mass is 426 g/mol. The quantitative estimate of drug-likeness (QED) is 0.334. The van der Waals surface area contributed by atoms with Gasteiger partial charge >= 0.3 is 0 Å². The molecule has 156 valence electrons. The number of carbonyl (C=O) groups excluding carboxylic acids is 1. The Kier molecular flexibility index (Phi) is 6.02. The van der Waals surface area contributed by atoms with Gasteiger partial charge in [-0.2, -0.15) is 0 Å². The number of benzene rings is 2. The second kappa shape index (κ2) is 8.70.